The van der Waals surface area contributed by atoms with Gasteiger partial charge in [-0.15, -0.1) is 0 Å². The Bertz CT molecular complexity index is 986. The molecule has 3 rings (SSSR count). The molecule has 4 heteroatoms. The highest BCUT2D eigenvalue weighted by Gasteiger charge is 2.28. The zero-order valence-electron chi connectivity index (χ0n) is 18.3. The highest BCUT2D eigenvalue weighted by atomic mass is 32.2. The number of para-hydroxylation sites is 1. The molecule has 1 aliphatic rings. The molecule has 0 unspecified atom stereocenters. The summed E-state index contributed by atoms with van der Waals surface area (Å²) in [5.74, 6) is 0.798. The molecule has 156 valence electrons. The lowest BCUT2D eigenvalue weighted by atomic mass is 9.76. The standard InChI is InChI=1S/C26H30N2OS/c1-19-18-22(14-15-27-25-9-7-6-8-24(25)26(19,3)4)21-10-12-23(13-11-21)28(5)16-17-30-20(2)29/h6-15,18,27H,1,16-17H2,2-5H3/p+1/b15-14-,22-18+. The largest absolute Gasteiger partial charge is 0.374 e. The number of benzene rings is 2. The van der Waals surface area contributed by atoms with Gasteiger partial charge in [0.15, 0.2) is 5.12 Å². The first-order valence-electron chi connectivity index (χ1n) is 10.3. The Morgan fingerprint density at radius 2 is 1.83 bits per heavy atom. The molecule has 1 heterocycles. The fourth-order valence-electron chi connectivity index (χ4n) is 3.60. The second-order valence-corrected chi connectivity index (χ2v) is 9.44. The van der Waals surface area contributed by atoms with Crippen LogP contribution in [-0.2, 0) is 10.2 Å². The summed E-state index contributed by atoms with van der Waals surface area (Å²) in [6.45, 7) is 11.3. The van der Waals surface area contributed by atoms with Gasteiger partial charge in [-0.2, -0.15) is 0 Å². The monoisotopic (exact) mass is 419 g/mol. The summed E-state index contributed by atoms with van der Waals surface area (Å²) in [7, 11) is 2.06. The van der Waals surface area contributed by atoms with Gasteiger partial charge >= 0.3 is 0 Å². The third-order valence-electron chi connectivity index (χ3n) is 5.69. The van der Waals surface area contributed by atoms with Crippen LogP contribution in [0.3, 0.4) is 0 Å². The molecule has 0 bridgehead atoms. The molecule has 0 atom stereocenters. The van der Waals surface area contributed by atoms with Crippen molar-refractivity contribution in [1.29, 1.82) is 0 Å². The van der Waals surface area contributed by atoms with Gasteiger partial charge in [-0.05, 0) is 41.0 Å². The molecule has 3 nitrogen and oxygen atoms in total. The van der Waals surface area contributed by atoms with E-state index in [9.17, 15) is 4.79 Å². The molecular formula is C26H31N2OS+. The highest BCUT2D eigenvalue weighted by Crippen LogP contribution is 2.36. The predicted octanol–water partition coefficient (Wildman–Crippen LogP) is 5.04. The van der Waals surface area contributed by atoms with Crippen molar-refractivity contribution in [3.8, 4) is 0 Å². The van der Waals surface area contributed by atoms with Gasteiger partial charge in [-0.3, -0.25) is 10.1 Å². The number of carbonyl (C=O) groups excluding carboxylic acids is 1. The molecule has 0 amide bonds. The van der Waals surface area contributed by atoms with Crippen molar-refractivity contribution in [1.82, 2.24) is 0 Å². The second-order valence-electron chi connectivity index (χ2n) is 8.17. The zero-order chi connectivity index (χ0) is 21.7. The molecule has 0 saturated heterocycles. The van der Waals surface area contributed by atoms with E-state index in [-0.39, 0.29) is 10.5 Å². The van der Waals surface area contributed by atoms with E-state index in [0.717, 1.165) is 34.7 Å². The van der Waals surface area contributed by atoms with E-state index < -0.39 is 0 Å². The lowest BCUT2D eigenvalue weighted by molar-refractivity contribution is -0.497. The number of anilines is 1. The third kappa shape index (κ3) is 5.13. The lowest BCUT2D eigenvalue weighted by Gasteiger charge is -2.27. The van der Waals surface area contributed by atoms with Crippen LogP contribution in [0.5, 0.6) is 0 Å². The SMILES string of the molecule is C=C1/C=C(c2ccc(N(C)CCSC(C)=O)cc2)\C=C/[NH2+]c2ccccc2C1(C)C. The molecule has 0 radical (unpaired) electrons. The van der Waals surface area contributed by atoms with Gasteiger partial charge < -0.3 is 4.90 Å². The summed E-state index contributed by atoms with van der Waals surface area (Å²) in [5, 5.41) is 2.35. The van der Waals surface area contributed by atoms with Crippen molar-refractivity contribution in [3.63, 3.8) is 0 Å². The van der Waals surface area contributed by atoms with E-state index in [0.29, 0.717) is 0 Å². The van der Waals surface area contributed by atoms with Gasteiger partial charge in [0.25, 0.3) is 0 Å². The van der Waals surface area contributed by atoms with Crippen LogP contribution in [0.2, 0.25) is 0 Å². The molecule has 0 aliphatic carbocycles. The number of carbonyl (C=O) groups is 1. The molecule has 2 aromatic carbocycles. The Balaban J connectivity index is 1.83. The lowest BCUT2D eigenvalue weighted by Crippen LogP contribution is -2.71. The number of nitrogens with two attached hydrogens (primary N) is 1. The molecule has 1 aliphatic heterocycles. The van der Waals surface area contributed by atoms with E-state index in [1.807, 2.05) is 0 Å². The number of quaternary nitrogens is 1. The first-order valence-corrected chi connectivity index (χ1v) is 11.2. The quantitative estimate of drug-likeness (QED) is 0.690. The first kappa shape index (κ1) is 22.1. The summed E-state index contributed by atoms with van der Waals surface area (Å²) in [6.07, 6.45) is 6.48. The summed E-state index contributed by atoms with van der Waals surface area (Å²) >= 11 is 1.37. The fraction of sp³-hybridized carbons (Fsp3) is 0.269. The predicted molar refractivity (Wildman–Crippen MR) is 130 cm³/mol. The van der Waals surface area contributed by atoms with Crippen LogP contribution in [-0.4, -0.2) is 24.5 Å². The van der Waals surface area contributed by atoms with Crippen molar-refractivity contribution in [3.05, 3.63) is 90.2 Å². The molecule has 0 fully saturated rings. The van der Waals surface area contributed by atoms with E-state index in [2.05, 4.69) is 105 Å². The highest BCUT2D eigenvalue weighted by molar-refractivity contribution is 8.13. The van der Waals surface area contributed by atoms with Crippen molar-refractivity contribution < 1.29 is 10.1 Å². The van der Waals surface area contributed by atoms with Gasteiger partial charge in [0.2, 0.25) is 0 Å². The summed E-state index contributed by atoms with van der Waals surface area (Å²) in [5.41, 5.74) is 6.92. The zero-order valence-corrected chi connectivity index (χ0v) is 19.1. The third-order valence-corrected chi connectivity index (χ3v) is 6.48. The smallest absolute Gasteiger partial charge is 0.185 e. The Kier molecular flexibility index (Phi) is 7.01. The minimum absolute atomic E-state index is 0.154. The summed E-state index contributed by atoms with van der Waals surface area (Å²) in [6, 6.07) is 17.1. The van der Waals surface area contributed by atoms with Crippen molar-refractivity contribution >= 4 is 33.8 Å². The van der Waals surface area contributed by atoms with Crippen molar-refractivity contribution in [2.45, 2.75) is 26.2 Å². The minimum atomic E-state index is -0.154. The summed E-state index contributed by atoms with van der Waals surface area (Å²) in [4.78, 5) is 13.3. The number of hydrogen-bond acceptors (Lipinski definition) is 3. The van der Waals surface area contributed by atoms with E-state index in [1.54, 1.807) is 6.92 Å². The van der Waals surface area contributed by atoms with Crippen LogP contribution >= 0.6 is 11.8 Å². The van der Waals surface area contributed by atoms with E-state index >= 15 is 0 Å². The molecule has 0 saturated carbocycles. The number of fused-ring (bicyclic) bond motifs is 1. The minimum Gasteiger partial charge on any atom is -0.374 e. The van der Waals surface area contributed by atoms with Crippen molar-refractivity contribution in [2.24, 2.45) is 0 Å². The Morgan fingerprint density at radius 3 is 2.53 bits per heavy atom. The topological polar surface area (TPSA) is 36.9 Å². The maximum absolute atomic E-state index is 11.1. The van der Waals surface area contributed by atoms with Gasteiger partial charge in [0, 0.05) is 42.9 Å². The molecule has 0 spiro atoms. The van der Waals surface area contributed by atoms with Crippen LogP contribution in [0.25, 0.3) is 5.57 Å². The normalized spacial score (nSPS) is 18.3. The van der Waals surface area contributed by atoms with E-state index in [4.69, 9.17) is 0 Å². The van der Waals surface area contributed by atoms with Crippen LogP contribution < -0.4 is 10.2 Å². The average molecular weight is 420 g/mol. The van der Waals surface area contributed by atoms with Crippen molar-refractivity contribution in [2.75, 3.05) is 24.2 Å². The number of allylic oxidation sites excluding steroid dienone is 4. The van der Waals surface area contributed by atoms with Gasteiger partial charge in [0.05, 0.1) is 6.20 Å². The van der Waals surface area contributed by atoms with Crippen LogP contribution in [0.15, 0.2) is 79.0 Å². The molecular weight excluding hydrogens is 388 g/mol. The maximum Gasteiger partial charge on any atom is 0.185 e. The molecule has 2 N–H and O–H groups in total. The second kappa shape index (κ2) is 9.50. The number of thioether (sulfide) groups is 1. The van der Waals surface area contributed by atoms with Crippen LogP contribution in [0.1, 0.15) is 31.9 Å². The van der Waals surface area contributed by atoms with Crippen LogP contribution in [0, 0.1) is 0 Å². The van der Waals surface area contributed by atoms with Crippen LogP contribution in [0.4, 0.5) is 11.4 Å². The van der Waals surface area contributed by atoms with E-state index in [1.165, 1.54) is 23.0 Å². The Morgan fingerprint density at radius 1 is 1.13 bits per heavy atom. The summed E-state index contributed by atoms with van der Waals surface area (Å²) < 4.78 is 0. The molecule has 2 aromatic rings. The van der Waals surface area contributed by atoms with Gasteiger partial charge in [-0.1, -0.05) is 68.6 Å². The van der Waals surface area contributed by atoms with Gasteiger partial charge in [0.1, 0.15) is 5.69 Å². The number of hydrogen-bond donors (Lipinski definition) is 1. The number of rotatable bonds is 5. The first-order chi connectivity index (χ1) is 14.3. The molecule has 0 aromatic heterocycles. The maximum atomic E-state index is 11.1. The Labute approximate surface area is 184 Å². The Hall–Kier alpha value is -2.56. The fourth-order valence-corrected chi connectivity index (χ4v) is 4.25. The number of nitrogens with zero attached hydrogens (tertiary/aromatic N) is 1. The average Bonchev–Trinajstić information content (AvgIpc) is 2.76. The molecule has 30 heavy (non-hydrogen) atoms. The van der Waals surface area contributed by atoms with Gasteiger partial charge in [-0.25, -0.2) is 0 Å².